The second-order valence-electron chi connectivity index (χ2n) is 4.66. The molecule has 0 spiro atoms. The zero-order chi connectivity index (χ0) is 13.2. The van der Waals surface area contributed by atoms with Gasteiger partial charge in [0.05, 0.1) is 19.3 Å². The summed E-state index contributed by atoms with van der Waals surface area (Å²) in [5.41, 5.74) is 0.125. The average molecular weight is 249 g/mol. The Morgan fingerprint density at radius 2 is 2.22 bits per heavy atom. The molecule has 0 saturated heterocycles. The van der Waals surface area contributed by atoms with Crippen molar-refractivity contribution >= 4 is 11.7 Å². The number of fused-ring (bicyclic) bond motifs is 1. The van der Waals surface area contributed by atoms with Gasteiger partial charge in [-0.1, -0.05) is 25.5 Å². The fourth-order valence-electron chi connectivity index (χ4n) is 2.50. The number of ether oxygens (including phenoxy) is 2. The summed E-state index contributed by atoms with van der Waals surface area (Å²) in [4.78, 5) is 14.1. The number of carbonyl (C=O) groups is 1. The number of esters is 1. The lowest BCUT2D eigenvalue weighted by Gasteiger charge is -2.41. The van der Waals surface area contributed by atoms with E-state index in [1.54, 1.807) is 0 Å². The minimum Gasteiger partial charge on any atom is -0.471 e. The molecule has 0 amide bonds. The molecule has 0 radical (unpaired) electrons. The molecule has 18 heavy (non-hydrogen) atoms. The van der Waals surface area contributed by atoms with E-state index in [4.69, 9.17) is 9.47 Å². The number of methoxy groups -OCH3 is 1. The van der Waals surface area contributed by atoms with Crippen LogP contribution in [-0.2, 0) is 9.53 Å². The molecule has 4 nitrogen and oxygen atoms in total. The number of para-hydroxylation sites is 2. The summed E-state index contributed by atoms with van der Waals surface area (Å²) >= 11 is 0. The van der Waals surface area contributed by atoms with Crippen LogP contribution in [0.2, 0.25) is 0 Å². The SMILES string of the molecule is CCCC1(C(=O)OC)CN(C)c2ccccc2O1. The van der Waals surface area contributed by atoms with Crippen LogP contribution < -0.4 is 9.64 Å². The van der Waals surface area contributed by atoms with Gasteiger partial charge in [0.1, 0.15) is 5.75 Å². The Morgan fingerprint density at radius 1 is 1.50 bits per heavy atom. The summed E-state index contributed by atoms with van der Waals surface area (Å²) in [6.45, 7) is 2.55. The smallest absolute Gasteiger partial charge is 0.352 e. The van der Waals surface area contributed by atoms with Gasteiger partial charge in [-0.3, -0.25) is 0 Å². The maximum Gasteiger partial charge on any atom is 0.352 e. The fraction of sp³-hybridized carbons (Fsp3) is 0.500. The summed E-state index contributed by atoms with van der Waals surface area (Å²) in [5, 5.41) is 0. The third-order valence-electron chi connectivity index (χ3n) is 3.29. The van der Waals surface area contributed by atoms with Crippen molar-refractivity contribution in [1.82, 2.24) is 0 Å². The van der Waals surface area contributed by atoms with Crippen LogP contribution in [0.1, 0.15) is 19.8 Å². The Hall–Kier alpha value is -1.71. The standard InChI is InChI=1S/C14H19NO3/c1-4-9-14(13(16)17-3)10-15(2)11-7-5-6-8-12(11)18-14/h5-8H,4,9-10H2,1-3H3. The quantitative estimate of drug-likeness (QED) is 0.770. The van der Waals surface area contributed by atoms with Crippen LogP contribution in [0, 0.1) is 0 Å². The highest BCUT2D eigenvalue weighted by molar-refractivity contribution is 5.82. The van der Waals surface area contributed by atoms with Crippen molar-refractivity contribution in [2.45, 2.75) is 25.4 Å². The molecule has 0 N–H and O–H groups in total. The summed E-state index contributed by atoms with van der Waals surface area (Å²) in [5.74, 6) is 0.441. The van der Waals surface area contributed by atoms with Crippen LogP contribution in [-0.4, -0.2) is 32.3 Å². The van der Waals surface area contributed by atoms with E-state index in [-0.39, 0.29) is 5.97 Å². The van der Waals surface area contributed by atoms with Gasteiger partial charge < -0.3 is 14.4 Å². The molecule has 98 valence electrons. The predicted molar refractivity (Wildman–Crippen MR) is 70.0 cm³/mol. The van der Waals surface area contributed by atoms with Crippen molar-refractivity contribution in [3.05, 3.63) is 24.3 Å². The van der Waals surface area contributed by atoms with E-state index in [0.717, 1.165) is 17.9 Å². The first-order valence-electron chi connectivity index (χ1n) is 6.20. The van der Waals surface area contributed by atoms with Gasteiger partial charge in [0.2, 0.25) is 5.60 Å². The normalized spacial score (nSPS) is 22.1. The van der Waals surface area contributed by atoms with Crippen molar-refractivity contribution in [1.29, 1.82) is 0 Å². The Labute approximate surface area is 107 Å². The largest absolute Gasteiger partial charge is 0.471 e. The van der Waals surface area contributed by atoms with Gasteiger partial charge in [-0.2, -0.15) is 0 Å². The molecular weight excluding hydrogens is 230 g/mol. The third-order valence-corrected chi connectivity index (χ3v) is 3.29. The van der Waals surface area contributed by atoms with E-state index >= 15 is 0 Å². The maximum atomic E-state index is 12.1. The second kappa shape index (κ2) is 4.88. The van der Waals surface area contributed by atoms with E-state index in [1.807, 2.05) is 43.1 Å². The van der Waals surface area contributed by atoms with Crippen molar-refractivity contribution in [3.8, 4) is 5.75 Å². The van der Waals surface area contributed by atoms with Crippen LogP contribution in [0.4, 0.5) is 5.69 Å². The Kier molecular flexibility index (Phi) is 3.45. The van der Waals surface area contributed by atoms with Crippen molar-refractivity contribution < 1.29 is 14.3 Å². The molecule has 1 aromatic carbocycles. The third kappa shape index (κ3) is 2.03. The summed E-state index contributed by atoms with van der Waals surface area (Å²) in [7, 11) is 3.37. The Balaban J connectivity index is 2.39. The first-order chi connectivity index (χ1) is 8.63. The average Bonchev–Trinajstić information content (AvgIpc) is 2.38. The lowest BCUT2D eigenvalue weighted by atomic mass is 9.95. The molecule has 0 bridgehead atoms. The highest BCUT2D eigenvalue weighted by Crippen LogP contribution is 2.38. The summed E-state index contributed by atoms with van der Waals surface area (Å²) in [6, 6.07) is 7.75. The monoisotopic (exact) mass is 249 g/mol. The van der Waals surface area contributed by atoms with E-state index in [9.17, 15) is 4.79 Å². The molecule has 0 aromatic heterocycles. The number of likely N-dealkylation sites (N-methyl/N-ethyl adjacent to an activating group) is 1. The first kappa shape index (κ1) is 12.7. The topological polar surface area (TPSA) is 38.8 Å². The lowest BCUT2D eigenvalue weighted by molar-refractivity contribution is -0.159. The molecule has 1 unspecified atom stereocenters. The lowest BCUT2D eigenvalue weighted by Crippen LogP contribution is -2.55. The molecule has 0 fully saturated rings. The summed E-state index contributed by atoms with van der Waals surface area (Å²) < 4.78 is 10.9. The molecule has 1 heterocycles. The van der Waals surface area contributed by atoms with E-state index < -0.39 is 5.60 Å². The van der Waals surface area contributed by atoms with Crippen molar-refractivity contribution in [2.75, 3.05) is 25.6 Å². The van der Waals surface area contributed by atoms with Gasteiger partial charge in [-0.15, -0.1) is 0 Å². The van der Waals surface area contributed by atoms with Gasteiger partial charge in [-0.05, 0) is 18.6 Å². The first-order valence-corrected chi connectivity index (χ1v) is 6.20. The molecule has 0 saturated carbocycles. The minimum atomic E-state index is -0.882. The molecule has 2 rings (SSSR count). The van der Waals surface area contributed by atoms with Crippen molar-refractivity contribution in [3.63, 3.8) is 0 Å². The number of benzene rings is 1. The van der Waals surface area contributed by atoms with Crippen LogP contribution in [0.25, 0.3) is 0 Å². The van der Waals surface area contributed by atoms with E-state index in [2.05, 4.69) is 0 Å². The fourth-order valence-corrected chi connectivity index (χ4v) is 2.50. The molecule has 1 atom stereocenters. The number of hydrogen-bond acceptors (Lipinski definition) is 4. The number of nitrogens with zero attached hydrogens (tertiary/aromatic N) is 1. The molecular formula is C14H19NO3. The van der Waals surface area contributed by atoms with Gasteiger partial charge in [0, 0.05) is 7.05 Å². The molecule has 1 aliphatic rings. The maximum absolute atomic E-state index is 12.1. The Morgan fingerprint density at radius 3 is 2.89 bits per heavy atom. The number of hydrogen-bond donors (Lipinski definition) is 0. The highest BCUT2D eigenvalue weighted by atomic mass is 16.6. The van der Waals surface area contributed by atoms with Gasteiger partial charge in [0.15, 0.2) is 0 Å². The molecule has 0 aliphatic carbocycles. The van der Waals surface area contributed by atoms with E-state index in [0.29, 0.717) is 13.0 Å². The van der Waals surface area contributed by atoms with Crippen LogP contribution in [0.3, 0.4) is 0 Å². The minimum absolute atomic E-state index is 0.300. The zero-order valence-electron chi connectivity index (χ0n) is 11.1. The number of anilines is 1. The Bertz CT molecular complexity index is 446. The highest BCUT2D eigenvalue weighted by Gasteiger charge is 2.45. The number of carbonyl (C=O) groups excluding carboxylic acids is 1. The predicted octanol–water partition coefficient (Wildman–Crippen LogP) is 2.23. The van der Waals surface area contributed by atoms with Gasteiger partial charge in [-0.25, -0.2) is 4.79 Å². The second-order valence-corrected chi connectivity index (χ2v) is 4.66. The van der Waals surface area contributed by atoms with Crippen LogP contribution >= 0.6 is 0 Å². The van der Waals surface area contributed by atoms with Gasteiger partial charge in [0.25, 0.3) is 0 Å². The molecule has 4 heteroatoms. The molecule has 1 aromatic rings. The van der Waals surface area contributed by atoms with Gasteiger partial charge >= 0.3 is 5.97 Å². The van der Waals surface area contributed by atoms with E-state index in [1.165, 1.54) is 7.11 Å². The number of rotatable bonds is 3. The summed E-state index contributed by atoms with van der Waals surface area (Å²) in [6.07, 6.45) is 1.52. The zero-order valence-corrected chi connectivity index (χ0v) is 11.1. The van der Waals surface area contributed by atoms with Crippen molar-refractivity contribution in [2.24, 2.45) is 0 Å². The van der Waals surface area contributed by atoms with Crippen LogP contribution in [0.15, 0.2) is 24.3 Å². The van der Waals surface area contributed by atoms with Crippen LogP contribution in [0.5, 0.6) is 5.75 Å². The molecule has 1 aliphatic heterocycles.